The molecule has 15 heavy (non-hydrogen) atoms. The highest BCUT2D eigenvalue weighted by molar-refractivity contribution is 5.67. The molecule has 0 bridgehead atoms. The molecule has 4 nitrogen and oxygen atoms in total. The molecule has 0 aromatic heterocycles. The monoisotopic (exact) mass is 214 g/mol. The average Bonchev–Trinajstić information content (AvgIpc) is 2.28. The smallest absolute Gasteiger partial charge is 0.407 e. The van der Waals surface area contributed by atoms with E-state index < -0.39 is 0 Å². The minimum atomic E-state index is -0.323. The van der Waals surface area contributed by atoms with E-state index >= 15 is 0 Å². The number of ether oxygens (including phenoxy) is 1. The van der Waals surface area contributed by atoms with Crippen LogP contribution in [0.15, 0.2) is 0 Å². The molecule has 0 aromatic carbocycles. The zero-order valence-electron chi connectivity index (χ0n) is 9.55. The van der Waals surface area contributed by atoms with Gasteiger partial charge in [0.15, 0.2) is 0 Å². The molecular weight excluding hydrogens is 192 g/mol. The van der Waals surface area contributed by atoms with Crippen LogP contribution in [0.25, 0.3) is 0 Å². The molecular formula is C11H22N2O2. The van der Waals surface area contributed by atoms with Gasteiger partial charge in [0, 0.05) is 12.0 Å². The van der Waals surface area contributed by atoms with Gasteiger partial charge in [-0.1, -0.05) is 19.3 Å². The molecule has 0 spiro atoms. The highest BCUT2D eigenvalue weighted by atomic mass is 16.5. The summed E-state index contributed by atoms with van der Waals surface area (Å²) in [6.07, 6.45) is 5.66. The number of carbonyl (C=O) groups is 1. The van der Waals surface area contributed by atoms with Crippen LogP contribution in [0.4, 0.5) is 4.79 Å². The van der Waals surface area contributed by atoms with E-state index in [-0.39, 0.29) is 11.5 Å². The fourth-order valence-corrected chi connectivity index (χ4v) is 2.20. The quantitative estimate of drug-likeness (QED) is 0.747. The van der Waals surface area contributed by atoms with Crippen LogP contribution in [0.1, 0.15) is 39.0 Å². The molecule has 1 aliphatic carbocycles. The van der Waals surface area contributed by atoms with Crippen molar-refractivity contribution in [1.29, 1.82) is 0 Å². The second-order valence-electron chi connectivity index (χ2n) is 4.34. The maximum atomic E-state index is 11.2. The number of nitrogens with one attached hydrogen (secondary N) is 1. The van der Waals surface area contributed by atoms with Gasteiger partial charge in [0.05, 0.1) is 6.61 Å². The molecule has 1 aliphatic rings. The van der Waals surface area contributed by atoms with Gasteiger partial charge in [-0.3, -0.25) is 0 Å². The molecule has 1 saturated carbocycles. The molecule has 0 aromatic rings. The molecule has 0 aliphatic heterocycles. The Labute approximate surface area is 91.5 Å². The molecule has 0 atom stereocenters. The van der Waals surface area contributed by atoms with Crippen LogP contribution in [0.3, 0.4) is 0 Å². The first-order chi connectivity index (χ1) is 7.22. The van der Waals surface area contributed by atoms with Crippen molar-refractivity contribution in [3.63, 3.8) is 0 Å². The first-order valence-electron chi connectivity index (χ1n) is 5.83. The third-order valence-corrected chi connectivity index (χ3v) is 3.23. The van der Waals surface area contributed by atoms with Gasteiger partial charge < -0.3 is 15.8 Å². The van der Waals surface area contributed by atoms with E-state index in [1.54, 1.807) is 6.92 Å². The first-order valence-corrected chi connectivity index (χ1v) is 5.83. The molecule has 0 saturated heterocycles. The van der Waals surface area contributed by atoms with Crippen molar-refractivity contribution in [2.45, 2.75) is 39.0 Å². The molecule has 1 fully saturated rings. The van der Waals surface area contributed by atoms with Crippen LogP contribution in [0.2, 0.25) is 0 Å². The number of alkyl carbamates (subject to hydrolysis) is 1. The van der Waals surface area contributed by atoms with Gasteiger partial charge >= 0.3 is 6.09 Å². The van der Waals surface area contributed by atoms with E-state index in [2.05, 4.69) is 5.32 Å². The topological polar surface area (TPSA) is 64.3 Å². The number of rotatable bonds is 4. The van der Waals surface area contributed by atoms with Crippen molar-refractivity contribution in [2.75, 3.05) is 19.7 Å². The molecule has 0 heterocycles. The van der Waals surface area contributed by atoms with Crippen LogP contribution in [-0.4, -0.2) is 25.8 Å². The van der Waals surface area contributed by atoms with Gasteiger partial charge in [-0.15, -0.1) is 0 Å². The highest BCUT2D eigenvalue weighted by Crippen LogP contribution is 2.34. The van der Waals surface area contributed by atoms with Crippen molar-refractivity contribution in [3.8, 4) is 0 Å². The summed E-state index contributed by atoms with van der Waals surface area (Å²) in [5.74, 6) is 0. The predicted molar refractivity (Wildman–Crippen MR) is 59.6 cm³/mol. The number of carbonyl (C=O) groups excluding carboxylic acids is 1. The maximum Gasteiger partial charge on any atom is 0.407 e. The second kappa shape index (κ2) is 5.95. The Balaban J connectivity index is 2.35. The Hall–Kier alpha value is -0.770. The Bertz CT molecular complexity index is 201. The van der Waals surface area contributed by atoms with E-state index in [9.17, 15) is 4.79 Å². The summed E-state index contributed by atoms with van der Waals surface area (Å²) in [5.41, 5.74) is 5.92. The number of hydrogen-bond acceptors (Lipinski definition) is 3. The summed E-state index contributed by atoms with van der Waals surface area (Å²) in [4.78, 5) is 11.2. The number of nitrogens with two attached hydrogens (primary N) is 1. The standard InChI is InChI=1S/C11H22N2O2/c1-2-15-10(14)13-9-11(8-12)6-4-3-5-7-11/h2-9,12H2,1H3,(H,13,14). The molecule has 1 amide bonds. The Morgan fingerprint density at radius 3 is 2.60 bits per heavy atom. The largest absolute Gasteiger partial charge is 0.450 e. The highest BCUT2D eigenvalue weighted by Gasteiger charge is 2.30. The lowest BCUT2D eigenvalue weighted by atomic mass is 9.74. The van der Waals surface area contributed by atoms with E-state index in [0.29, 0.717) is 19.7 Å². The van der Waals surface area contributed by atoms with Gasteiger partial charge in [0.2, 0.25) is 0 Å². The fraction of sp³-hybridized carbons (Fsp3) is 0.909. The van der Waals surface area contributed by atoms with Gasteiger partial charge in [0.1, 0.15) is 0 Å². The first kappa shape index (κ1) is 12.3. The Morgan fingerprint density at radius 1 is 1.40 bits per heavy atom. The lowest BCUT2D eigenvalue weighted by molar-refractivity contribution is 0.136. The molecule has 0 unspecified atom stereocenters. The van der Waals surface area contributed by atoms with E-state index in [1.807, 2.05) is 0 Å². The molecule has 4 heteroatoms. The third kappa shape index (κ3) is 3.70. The van der Waals surface area contributed by atoms with Crippen LogP contribution in [-0.2, 0) is 4.74 Å². The fourth-order valence-electron chi connectivity index (χ4n) is 2.20. The summed E-state index contributed by atoms with van der Waals surface area (Å²) in [6, 6.07) is 0. The molecule has 1 rings (SSSR count). The van der Waals surface area contributed by atoms with E-state index in [1.165, 1.54) is 19.3 Å². The third-order valence-electron chi connectivity index (χ3n) is 3.23. The van der Waals surface area contributed by atoms with Crippen molar-refractivity contribution in [1.82, 2.24) is 5.32 Å². The zero-order chi connectivity index (χ0) is 11.1. The minimum absolute atomic E-state index is 0.116. The Morgan fingerprint density at radius 2 is 2.07 bits per heavy atom. The molecule has 88 valence electrons. The van der Waals surface area contributed by atoms with Gasteiger partial charge in [-0.25, -0.2) is 4.79 Å². The van der Waals surface area contributed by atoms with Crippen LogP contribution in [0.5, 0.6) is 0 Å². The second-order valence-corrected chi connectivity index (χ2v) is 4.34. The number of amides is 1. The average molecular weight is 214 g/mol. The number of hydrogen-bond donors (Lipinski definition) is 2. The van der Waals surface area contributed by atoms with Crippen molar-refractivity contribution in [3.05, 3.63) is 0 Å². The predicted octanol–water partition coefficient (Wildman–Crippen LogP) is 1.64. The van der Waals surface area contributed by atoms with Gasteiger partial charge in [-0.2, -0.15) is 0 Å². The summed E-state index contributed by atoms with van der Waals surface area (Å²) >= 11 is 0. The van der Waals surface area contributed by atoms with Gasteiger partial charge in [-0.05, 0) is 26.3 Å². The zero-order valence-corrected chi connectivity index (χ0v) is 9.55. The summed E-state index contributed by atoms with van der Waals surface area (Å²) in [5, 5.41) is 2.80. The molecule has 0 radical (unpaired) electrons. The van der Waals surface area contributed by atoms with Crippen LogP contribution < -0.4 is 11.1 Å². The van der Waals surface area contributed by atoms with Gasteiger partial charge in [0.25, 0.3) is 0 Å². The van der Waals surface area contributed by atoms with Crippen molar-refractivity contribution in [2.24, 2.45) is 11.1 Å². The molecule has 3 N–H and O–H groups in total. The van der Waals surface area contributed by atoms with Crippen LogP contribution in [0, 0.1) is 5.41 Å². The minimum Gasteiger partial charge on any atom is -0.450 e. The normalized spacial score (nSPS) is 19.6. The SMILES string of the molecule is CCOC(=O)NCC1(CN)CCCCC1. The van der Waals surface area contributed by atoms with Crippen molar-refractivity contribution >= 4 is 6.09 Å². The lowest BCUT2D eigenvalue weighted by Crippen LogP contribution is -2.43. The van der Waals surface area contributed by atoms with Crippen LogP contribution >= 0.6 is 0 Å². The summed E-state index contributed by atoms with van der Waals surface area (Å²) < 4.78 is 4.83. The van der Waals surface area contributed by atoms with E-state index in [0.717, 1.165) is 12.8 Å². The summed E-state index contributed by atoms with van der Waals surface area (Å²) in [7, 11) is 0. The van der Waals surface area contributed by atoms with E-state index in [4.69, 9.17) is 10.5 Å². The summed E-state index contributed by atoms with van der Waals surface area (Å²) in [6.45, 7) is 3.53. The Kier molecular flexibility index (Phi) is 4.88. The van der Waals surface area contributed by atoms with Crippen molar-refractivity contribution < 1.29 is 9.53 Å². The lowest BCUT2D eigenvalue weighted by Gasteiger charge is -2.36. The maximum absolute atomic E-state index is 11.2.